The Balaban J connectivity index is 2.10. The highest BCUT2D eigenvalue weighted by Crippen LogP contribution is 2.11. The molecule has 0 saturated carbocycles. The summed E-state index contributed by atoms with van der Waals surface area (Å²) in [4.78, 5) is 19.7. The van der Waals surface area contributed by atoms with E-state index in [0.29, 0.717) is 17.1 Å². The predicted octanol–water partition coefficient (Wildman–Crippen LogP) is 0.273. The van der Waals surface area contributed by atoms with E-state index in [1.807, 2.05) is 0 Å². The molecule has 1 amide bonds. The van der Waals surface area contributed by atoms with Gasteiger partial charge >= 0.3 is 0 Å². The number of amides is 1. The summed E-state index contributed by atoms with van der Waals surface area (Å²) in [6.45, 7) is 1.80. The number of nitrogens with one attached hydrogen (secondary N) is 2. The van der Waals surface area contributed by atoms with Crippen LogP contribution in [-0.4, -0.2) is 26.1 Å². The molecule has 1 atom stereocenters. The van der Waals surface area contributed by atoms with Crippen LogP contribution in [0.5, 0.6) is 0 Å². The number of H-pyrrole nitrogens is 1. The molecule has 0 aliphatic rings. The second kappa shape index (κ2) is 4.60. The summed E-state index contributed by atoms with van der Waals surface area (Å²) in [7, 11) is 0. The Morgan fingerprint density at radius 2 is 2.41 bits per heavy atom. The van der Waals surface area contributed by atoms with Crippen LogP contribution in [0.15, 0.2) is 24.8 Å². The standard InChI is InChI=1S/C10H12N6O/c1-6(9-13-5-14-16-9)15-10(17)7-4-12-3-2-8(7)11/h2-6H,1H3,(H2,11,12)(H,15,17)(H,13,14,16). The lowest BCUT2D eigenvalue weighted by molar-refractivity contribution is 0.0939. The molecular formula is C10H12N6O. The van der Waals surface area contributed by atoms with E-state index in [1.165, 1.54) is 18.7 Å². The molecule has 0 radical (unpaired) electrons. The predicted molar refractivity (Wildman–Crippen MR) is 60.9 cm³/mol. The summed E-state index contributed by atoms with van der Waals surface area (Å²) in [6.07, 6.45) is 4.35. The van der Waals surface area contributed by atoms with Gasteiger partial charge in [-0.25, -0.2) is 4.98 Å². The number of carbonyl (C=O) groups excluding carboxylic acids is 1. The number of hydrogen-bond donors (Lipinski definition) is 3. The van der Waals surface area contributed by atoms with Crippen LogP contribution in [-0.2, 0) is 0 Å². The first-order valence-corrected chi connectivity index (χ1v) is 5.04. The van der Waals surface area contributed by atoms with Crippen molar-refractivity contribution in [2.24, 2.45) is 0 Å². The zero-order valence-corrected chi connectivity index (χ0v) is 9.21. The Bertz CT molecular complexity index is 509. The number of nitrogen functional groups attached to an aromatic ring is 1. The number of aromatic amines is 1. The minimum atomic E-state index is -0.292. The van der Waals surface area contributed by atoms with Gasteiger partial charge in [0, 0.05) is 18.1 Å². The van der Waals surface area contributed by atoms with E-state index in [9.17, 15) is 4.79 Å². The molecule has 0 aromatic carbocycles. The van der Waals surface area contributed by atoms with Crippen LogP contribution in [0.25, 0.3) is 0 Å². The van der Waals surface area contributed by atoms with Crippen molar-refractivity contribution in [2.75, 3.05) is 5.73 Å². The van der Waals surface area contributed by atoms with Crippen molar-refractivity contribution in [3.63, 3.8) is 0 Å². The highest BCUT2D eigenvalue weighted by Gasteiger charge is 2.15. The molecule has 0 aliphatic heterocycles. The minimum Gasteiger partial charge on any atom is -0.398 e. The van der Waals surface area contributed by atoms with E-state index >= 15 is 0 Å². The van der Waals surface area contributed by atoms with E-state index in [2.05, 4.69) is 25.5 Å². The van der Waals surface area contributed by atoms with Gasteiger partial charge in [-0.15, -0.1) is 0 Å². The molecule has 0 fully saturated rings. The second-order valence-electron chi connectivity index (χ2n) is 3.53. The molecule has 4 N–H and O–H groups in total. The maximum absolute atomic E-state index is 11.9. The smallest absolute Gasteiger partial charge is 0.255 e. The summed E-state index contributed by atoms with van der Waals surface area (Å²) in [6, 6.07) is 1.30. The van der Waals surface area contributed by atoms with Gasteiger partial charge in [-0.05, 0) is 13.0 Å². The first kappa shape index (κ1) is 11.1. The van der Waals surface area contributed by atoms with Crippen LogP contribution in [0.2, 0.25) is 0 Å². The van der Waals surface area contributed by atoms with Crippen LogP contribution in [0.1, 0.15) is 29.1 Å². The molecule has 0 bridgehead atoms. The van der Waals surface area contributed by atoms with Gasteiger partial charge in [0.05, 0.1) is 11.6 Å². The first-order valence-electron chi connectivity index (χ1n) is 5.04. The largest absolute Gasteiger partial charge is 0.398 e. The quantitative estimate of drug-likeness (QED) is 0.703. The Labute approximate surface area is 97.5 Å². The van der Waals surface area contributed by atoms with Crippen molar-refractivity contribution >= 4 is 11.6 Å². The van der Waals surface area contributed by atoms with Gasteiger partial charge in [0.15, 0.2) is 0 Å². The summed E-state index contributed by atoms with van der Waals surface area (Å²) in [5.74, 6) is 0.292. The SMILES string of the molecule is CC(NC(=O)c1cnccc1N)c1ncn[nH]1. The molecule has 1 unspecified atom stereocenters. The van der Waals surface area contributed by atoms with E-state index in [0.717, 1.165) is 0 Å². The minimum absolute atomic E-state index is 0.274. The van der Waals surface area contributed by atoms with Gasteiger partial charge in [0.25, 0.3) is 5.91 Å². The lowest BCUT2D eigenvalue weighted by Crippen LogP contribution is -2.28. The third-order valence-corrected chi connectivity index (χ3v) is 2.29. The van der Waals surface area contributed by atoms with Gasteiger partial charge < -0.3 is 11.1 Å². The van der Waals surface area contributed by atoms with Crippen LogP contribution >= 0.6 is 0 Å². The summed E-state index contributed by atoms with van der Waals surface area (Å²) in [5.41, 5.74) is 6.42. The Kier molecular flexibility index (Phi) is 2.99. The summed E-state index contributed by atoms with van der Waals surface area (Å²) < 4.78 is 0. The second-order valence-corrected chi connectivity index (χ2v) is 3.53. The molecule has 88 valence electrons. The maximum atomic E-state index is 11.9. The molecule has 17 heavy (non-hydrogen) atoms. The number of carbonyl (C=O) groups is 1. The number of hydrogen-bond acceptors (Lipinski definition) is 5. The molecule has 2 rings (SSSR count). The highest BCUT2D eigenvalue weighted by molar-refractivity contribution is 5.98. The molecule has 7 nitrogen and oxygen atoms in total. The zero-order valence-electron chi connectivity index (χ0n) is 9.21. The topological polar surface area (TPSA) is 110 Å². The monoisotopic (exact) mass is 232 g/mol. The number of aromatic nitrogens is 4. The van der Waals surface area contributed by atoms with E-state index < -0.39 is 0 Å². The summed E-state index contributed by atoms with van der Waals surface area (Å²) in [5, 5.41) is 9.15. The Morgan fingerprint density at radius 3 is 3.06 bits per heavy atom. The van der Waals surface area contributed by atoms with E-state index in [4.69, 9.17) is 5.73 Å². The number of nitrogens with two attached hydrogens (primary N) is 1. The fraction of sp³-hybridized carbons (Fsp3) is 0.200. The van der Waals surface area contributed by atoms with Gasteiger partial charge in [-0.3, -0.25) is 14.9 Å². The van der Waals surface area contributed by atoms with Gasteiger partial charge in [0.1, 0.15) is 12.2 Å². The van der Waals surface area contributed by atoms with Crippen molar-refractivity contribution in [2.45, 2.75) is 13.0 Å². The number of rotatable bonds is 3. The van der Waals surface area contributed by atoms with Crippen molar-refractivity contribution in [3.05, 3.63) is 36.2 Å². The number of pyridine rings is 1. The van der Waals surface area contributed by atoms with E-state index in [-0.39, 0.29) is 11.9 Å². The molecule has 7 heteroatoms. The average molecular weight is 232 g/mol. The molecule has 0 saturated heterocycles. The number of nitrogens with zero attached hydrogens (tertiary/aromatic N) is 3. The number of anilines is 1. The normalized spacial score (nSPS) is 12.1. The van der Waals surface area contributed by atoms with Gasteiger partial charge in [0.2, 0.25) is 0 Å². The van der Waals surface area contributed by atoms with E-state index in [1.54, 1.807) is 13.0 Å². The van der Waals surface area contributed by atoms with Crippen LogP contribution in [0, 0.1) is 0 Å². The molecule has 2 aromatic heterocycles. The van der Waals surface area contributed by atoms with Crippen molar-refractivity contribution in [3.8, 4) is 0 Å². The fourth-order valence-electron chi connectivity index (χ4n) is 1.36. The summed E-state index contributed by atoms with van der Waals surface area (Å²) >= 11 is 0. The third kappa shape index (κ3) is 2.39. The highest BCUT2D eigenvalue weighted by atomic mass is 16.1. The maximum Gasteiger partial charge on any atom is 0.255 e. The van der Waals surface area contributed by atoms with Gasteiger partial charge in [-0.1, -0.05) is 0 Å². The lowest BCUT2D eigenvalue weighted by atomic mass is 10.2. The lowest BCUT2D eigenvalue weighted by Gasteiger charge is -2.11. The van der Waals surface area contributed by atoms with Crippen LogP contribution in [0.3, 0.4) is 0 Å². The molecule has 0 spiro atoms. The Morgan fingerprint density at radius 1 is 1.59 bits per heavy atom. The van der Waals surface area contributed by atoms with Crippen LogP contribution < -0.4 is 11.1 Å². The molecule has 2 heterocycles. The van der Waals surface area contributed by atoms with Crippen molar-refractivity contribution in [1.29, 1.82) is 0 Å². The zero-order chi connectivity index (χ0) is 12.3. The van der Waals surface area contributed by atoms with Gasteiger partial charge in [-0.2, -0.15) is 5.10 Å². The van der Waals surface area contributed by atoms with Crippen molar-refractivity contribution in [1.82, 2.24) is 25.5 Å². The Hall–Kier alpha value is -2.44. The third-order valence-electron chi connectivity index (χ3n) is 2.29. The molecule has 0 aliphatic carbocycles. The molecule has 2 aromatic rings. The van der Waals surface area contributed by atoms with Crippen LogP contribution in [0.4, 0.5) is 5.69 Å². The fourth-order valence-corrected chi connectivity index (χ4v) is 1.36. The molecular weight excluding hydrogens is 220 g/mol. The van der Waals surface area contributed by atoms with Crippen molar-refractivity contribution < 1.29 is 4.79 Å². The average Bonchev–Trinajstić information content (AvgIpc) is 2.82. The first-order chi connectivity index (χ1) is 8.18.